The van der Waals surface area contributed by atoms with E-state index in [9.17, 15) is 4.79 Å². The third-order valence-corrected chi connectivity index (χ3v) is 2.95. The summed E-state index contributed by atoms with van der Waals surface area (Å²) in [4.78, 5) is 11.6. The number of halogens is 1. The number of nitrogens with two attached hydrogens (primary N) is 1. The molecule has 21 heavy (non-hydrogen) atoms. The Kier molecular flexibility index (Phi) is 9.84. The van der Waals surface area contributed by atoms with Crippen LogP contribution in [0.2, 0.25) is 0 Å². The minimum absolute atomic E-state index is 0. The van der Waals surface area contributed by atoms with E-state index in [2.05, 4.69) is 19.2 Å². The Morgan fingerprint density at radius 2 is 1.86 bits per heavy atom. The average Bonchev–Trinajstić information content (AvgIpc) is 2.43. The number of rotatable bonds is 8. The maximum atomic E-state index is 11.6. The molecule has 1 aromatic rings. The molecule has 0 aliphatic heterocycles. The van der Waals surface area contributed by atoms with Crippen LogP contribution in [0.5, 0.6) is 5.75 Å². The first-order chi connectivity index (χ1) is 9.52. The van der Waals surface area contributed by atoms with Gasteiger partial charge >= 0.3 is 0 Å². The van der Waals surface area contributed by atoms with Crippen LogP contribution in [0.4, 0.5) is 0 Å². The number of carbonyl (C=O) groups is 1. The highest BCUT2D eigenvalue weighted by Gasteiger charge is 2.09. The van der Waals surface area contributed by atoms with Gasteiger partial charge in [0.15, 0.2) is 0 Å². The molecule has 5 heteroatoms. The van der Waals surface area contributed by atoms with Gasteiger partial charge in [0, 0.05) is 6.42 Å². The van der Waals surface area contributed by atoms with Crippen molar-refractivity contribution in [3.63, 3.8) is 0 Å². The number of benzene rings is 1. The summed E-state index contributed by atoms with van der Waals surface area (Å²) >= 11 is 0. The van der Waals surface area contributed by atoms with Crippen LogP contribution in [0.15, 0.2) is 24.3 Å². The van der Waals surface area contributed by atoms with Crippen LogP contribution in [0.1, 0.15) is 45.2 Å². The van der Waals surface area contributed by atoms with Gasteiger partial charge < -0.3 is 15.8 Å². The molecule has 0 aliphatic carbocycles. The Hall–Kier alpha value is -1.26. The Labute approximate surface area is 133 Å². The molecule has 1 unspecified atom stereocenters. The molecule has 0 aromatic heterocycles. The van der Waals surface area contributed by atoms with Gasteiger partial charge in [-0.25, -0.2) is 0 Å². The molecule has 0 bridgehead atoms. The maximum absolute atomic E-state index is 11.6. The molecule has 120 valence electrons. The fourth-order valence-electron chi connectivity index (χ4n) is 1.78. The van der Waals surface area contributed by atoms with E-state index in [1.54, 1.807) is 0 Å². The van der Waals surface area contributed by atoms with E-state index >= 15 is 0 Å². The summed E-state index contributed by atoms with van der Waals surface area (Å²) in [6, 6.07) is 7.87. The van der Waals surface area contributed by atoms with E-state index in [0.29, 0.717) is 25.5 Å². The maximum Gasteiger partial charge on any atom is 0.220 e. The molecular formula is C16H27ClN2O2. The minimum Gasteiger partial charge on any atom is -0.493 e. The number of hydrogen-bond acceptors (Lipinski definition) is 3. The number of ether oxygens (including phenoxy) is 1. The molecule has 0 saturated carbocycles. The standard InChI is InChI=1S/C16H26N2O2.ClH/c1-12(2)11-20-15-8-6-14(7-9-15)13(3)18-16(19)5-4-10-17;/h6-9,12-13H,4-5,10-11,17H2,1-3H3,(H,18,19);1H. The first-order valence-electron chi connectivity index (χ1n) is 7.25. The van der Waals surface area contributed by atoms with Gasteiger partial charge in [-0.1, -0.05) is 26.0 Å². The highest BCUT2D eigenvalue weighted by atomic mass is 35.5. The van der Waals surface area contributed by atoms with Crippen LogP contribution in [0, 0.1) is 5.92 Å². The van der Waals surface area contributed by atoms with Crippen LogP contribution >= 0.6 is 12.4 Å². The smallest absolute Gasteiger partial charge is 0.220 e. The van der Waals surface area contributed by atoms with Crippen molar-refractivity contribution >= 4 is 18.3 Å². The van der Waals surface area contributed by atoms with E-state index in [4.69, 9.17) is 10.5 Å². The molecule has 4 nitrogen and oxygen atoms in total. The van der Waals surface area contributed by atoms with Crippen LogP contribution in [0.3, 0.4) is 0 Å². The molecule has 1 aromatic carbocycles. The Bertz CT molecular complexity index is 407. The summed E-state index contributed by atoms with van der Waals surface area (Å²) in [7, 11) is 0. The minimum atomic E-state index is -0.000534. The monoisotopic (exact) mass is 314 g/mol. The number of hydrogen-bond donors (Lipinski definition) is 2. The lowest BCUT2D eigenvalue weighted by Crippen LogP contribution is -2.26. The van der Waals surface area contributed by atoms with E-state index in [-0.39, 0.29) is 24.4 Å². The molecule has 1 rings (SSSR count). The second-order valence-corrected chi connectivity index (χ2v) is 5.46. The highest BCUT2D eigenvalue weighted by Crippen LogP contribution is 2.18. The molecule has 3 N–H and O–H groups in total. The van der Waals surface area contributed by atoms with E-state index in [1.807, 2.05) is 31.2 Å². The second-order valence-electron chi connectivity index (χ2n) is 5.46. The lowest BCUT2D eigenvalue weighted by molar-refractivity contribution is -0.121. The van der Waals surface area contributed by atoms with Crippen molar-refractivity contribution in [2.75, 3.05) is 13.2 Å². The summed E-state index contributed by atoms with van der Waals surface area (Å²) in [5, 5.41) is 2.97. The zero-order valence-electron chi connectivity index (χ0n) is 13.1. The first kappa shape index (κ1) is 19.7. The number of amides is 1. The van der Waals surface area contributed by atoms with Crippen molar-refractivity contribution in [1.29, 1.82) is 0 Å². The number of nitrogens with one attached hydrogen (secondary N) is 1. The zero-order chi connectivity index (χ0) is 15.0. The van der Waals surface area contributed by atoms with Gasteiger partial charge in [-0.3, -0.25) is 4.79 Å². The predicted molar refractivity (Wildman–Crippen MR) is 88.9 cm³/mol. The third kappa shape index (κ3) is 7.93. The largest absolute Gasteiger partial charge is 0.493 e. The van der Waals surface area contributed by atoms with E-state index < -0.39 is 0 Å². The summed E-state index contributed by atoms with van der Waals surface area (Å²) in [5.74, 6) is 1.42. The fourth-order valence-corrected chi connectivity index (χ4v) is 1.78. The van der Waals surface area contributed by atoms with Crippen LogP contribution in [-0.2, 0) is 4.79 Å². The second kappa shape index (κ2) is 10.5. The average molecular weight is 315 g/mol. The van der Waals surface area contributed by atoms with Gasteiger partial charge in [0.1, 0.15) is 5.75 Å². The van der Waals surface area contributed by atoms with Crippen molar-refractivity contribution in [2.45, 2.75) is 39.7 Å². The third-order valence-electron chi connectivity index (χ3n) is 2.95. The molecule has 0 saturated heterocycles. The van der Waals surface area contributed by atoms with Crippen molar-refractivity contribution in [2.24, 2.45) is 11.7 Å². The van der Waals surface area contributed by atoms with Crippen molar-refractivity contribution in [1.82, 2.24) is 5.32 Å². The normalized spacial score (nSPS) is 11.7. The van der Waals surface area contributed by atoms with E-state index in [0.717, 1.165) is 17.7 Å². The van der Waals surface area contributed by atoms with E-state index in [1.165, 1.54) is 0 Å². The lowest BCUT2D eigenvalue weighted by Gasteiger charge is -2.15. The van der Waals surface area contributed by atoms with Crippen LogP contribution in [-0.4, -0.2) is 19.1 Å². The Morgan fingerprint density at radius 3 is 2.38 bits per heavy atom. The van der Waals surface area contributed by atoms with Crippen molar-refractivity contribution in [3.05, 3.63) is 29.8 Å². The fraction of sp³-hybridized carbons (Fsp3) is 0.562. The first-order valence-corrected chi connectivity index (χ1v) is 7.25. The molecule has 1 atom stereocenters. The molecule has 0 spiro atoms. The van der Waals surface area contributed by atoms with Gasteiger partial charge in [0.05, 0.1) is 12.6 Å². The molecule has 0 heterocycles. The Balaban J connectivity index is 0.00000400. The zero-order valence-corrected chi connectivity index (χ0v) is 13.9. The summed E-state index contributed by atoms with van der Waals surface area (Å²) in [6.07, 6.45) is 1.21. The molecular weight excluding hydrogens is 288 g/mol. The summed E-state index contributed by atoms with van der Waals surface area (Å²) in [6.45, 7) is 7.47. The lowest BCUT2D eigenvalue weighted by atomic mass is 10.1. The SMILES string of the molecule is CC(C)COc1ccc(C(C)NC(=O)CCCN)cc1.Cl. The molecule has 1 amide bonds. The van der Waals surface area contributed by atoms with Gasteiger partial charge in [0.25, 0.3) is 0 Å². The topological polar surface area (TPSA) is 64.3 Å². The quantitative estimate of drug-likeness (QED) is 0.775. The van der Waals surface area contributed by atoms with Gasteiger partial charge in [-0.15, -0.1) is 12.4 Å². The van der Waals surface area contributed by atoms with Gasteiger partial charge in [0.2, 0.25) is 5.91 Å². The van der Waals surface area contributed by atoms with Crippen molar-refractivity contribution < 1.29 is 9.53 Å². The number of carbonyl (C=O) groups excluding carboxylic acids is 1. The van der Waals surface area contributed by atoms with Crippen LogP contribution < -0.4 is 15.8 Å². The van der Waals surface area contributed by atoms with Crippen LogP contribution in [0.25, 0.3) is 0 Å². The van der Waals surface area contributed by atoms with Crippen molar-refractivity contribution in [3.8, 4) is 5.75 Å². The molecule has 0 aliphatic rings. The Morgan fingerprint density at radius 1 is 1.24 bits per heavy atom. The van der Waals surface area contributed by atoms with Gasteiger partial charge in [-0.05, 0) is 43.5 Å². The highest BCUT2D eigenvalue weighted by molar-refractivity contribution is 5.85. The summed E-state index contributed by atoms with van der Waals surface area (Å²) < 4.78 is 5.64. The molecule has 0 radical (unpaired) electrons. The van der Waals surface area contributed by atoms with Gasteiger partial charge in [-0.2, -0.15) is 0 Å². The predicted octanol–water partition coefficient (Wildman–Crippen LogP) is 3.06. The molecule has 0 fully saturated rings. The summed E-state index contributed by atoms with van der Waals surface area (Å²) in [5.41, 5.74) is 6.46.